The molecule has 0 unspecified atom stereocenters. The minimum Gasteiger partial charge on any atom is -0.652 e. The molecule has 1 N–H and O–H groups in total. The van der Waals surface area contributed by atoms with Crippen LogP contribution in [-0.4, -0.2) is 19.1 Å². The Hall–Kier alpha value is 1.67. The monoisotopic (exact) mass is 310 g/mol. The first kappa shape index (κ1) is 23.7. The maximum absolute atomic E-state index is 10.5. The Morgan fingerprint density at radius 1 is 1.12 bits per heavy atom. The standard InChI is InChI=1S/C7H8O3S.CH2O3.2K/c1-6-2-4-7(5-3-6)11(8,9)10;2-1(3)4;;/h2-5H,1H3,(H,8,9,10);(H2,2,3,4);;/q;;2*+1/p-2. The molecule has 17 heavy (non-hydrogen) atoms. The summed E-state index contributed by atoms with van der Waals surface area (Å²) in [5.41, 5.74) is 0.956. The van der Waals surface area contributed by atoms with E-state index in [4.69, 9.17) is 19.6 Å². The van der Waals surface area contributed by atoms with Gasteiger partial charge in [-0.15, -0.1) is 0 Å². The maximum Gasteiger partial charge on any atom is 1.00 e. The van der Waals surface area contributed by atoms with Gasteiger partial charge in [-0.2, -0.15) is 8.42 Å². The Labute approximate surface area is 184 Å². The van der Waals surface area contributed by atoms with E-state index in [9.17, 15) is 8.42 Å². The molecule has 0 aliphatic heterocycles. The van der Waals surface area contributed by atoms with Gasteiger partial charge in [0.15, 0.2) is 0 Å². The predicted octanol–water partition coefficient (Wildman–Crippen LogP) is -7.20. The molecule has 0 bridgehead atoms. The van der Waals surface area contributed by atoms with Crippen LogP contribution in [-0.2, 0) is 10.1 Å². The SMILES string of the molecule is Cc1ccc(S(=O)(=O)O)cc1.O=C([O-])[O-].[K+].[K+]. The summed E-state index contributed by atoms with van der Waals surface area (Å²) in [5, 5.41) is 16.7. The molecule has 1 aromatic rings. The average molecular weight is 310 g/mol. The van der Waals surface area contributed by atoms with Gasteiger partial charge in [-0.05, 0) is 25.2 Å². The normalized spacial score (nSPS) is 8.82. The zero-order chi connectivity index (χ0) is 12.1. The van der Waals surface area contributed by atoms with Gasteiger partial charge in [0, 0.05) is 0 Å². The fourth-order valence-corrected chi connectivity index (χ4v) is 1.19. The molecular weight excluding hydrogens is 302 g/mol. The van der Waals surface area contributed by atoms with Gasteiger partial charge in [-0.1, -0.05) is 17.7 Å². The number of hydrogen-bond acceptors (Lipinski definition) is 5. The molecule has 1 rings (SSSR count). The number of carbonyl (C=O) groups excluding carboxylic acids is 1. The van der Waals surface area contributed by atoms with Gasteiger partial charge in [0.05, 0.1) is 4.90 Å². The fraction of sp³-hybridized carbons (Fsp3) is 0.125. The molecule has 0 heterocycles. The van der Waals surface area contributed by atoms with Crippen molar-refractivity contribution in [1.82, 2.24) is 0 Å². The van der Waals surface area contributed by atoms with E-state index in [2.05, 4.69) is 0 Å². The number of aryl methyl sites for hydroxylation is 1. The summed E-state index contributed by atoms with van der Waals surface area (Å²) in [6, 6.07) is 5.99. The third kappa shape index (κ3) is 13.9. The summed E-state index contributed by atoms with van der Waals surface area (Å²) in [7, 11) is -4.02. The van der Waals surface area contributed by atoms with Crippen LogP contribution in [0.1, 0.15) is 5.56 Å². The summed E-state index contributed by atoms with van der Waals surface area (Å²) in [6.07, 6.45) is -2.33. The van der Waals surface area contributed by atoms with Crippen LogP contribution in [0.2, 0.25) is 0 Å². The quantitative estimate of drug-likeness (QED) is 0.407. The number of benzene rings is 1. The Kier molecular flexibility index (Phi) is 16.1. The predicted molar refractivity (Wildman–Crippen MR) is 46.4 cm³/mol. The first-order valence-corrected chi connectivity index (χ1v) is 5.09. The second kappa shape index (κ2) is 11.5. The topological polar surface area (TPSA) is 118 Å². The smallest absolute Gasteiger partial charge is 0.652 e. The second-order valence-electron chi connectivity index (χ2n) is 2.54. The van der Waals surface area contributed by atoms with Gasteiger partial charge in [-0.3, -0.25) is 4.55 Å². The van der Waals surface area contributed by atoms with Crippen molar-refractivity contribution in [3.63, 3.8) is 0 Å². The van der Waals surface area contributed by atoms with Crippen molar-refractivity contribution < 1.29 is 131 Å². The van der Waals surface area contributed by atoms with Crippen LogP contribution in [0.5, 0.6) is 0 Å². The molecule has 9 heteroatoms. The van der Waals surface area contributed by atoms with Gasteiger partial charge in [0.1, 0.15) is 0 Å². The van der Waals surface area contributed by atoms with E-state index in [1.54, 1.807) is 12.1 Å². The van der Waals surface area contributed by atoms with Crippen molar-refractivity contribution in [3.8, 4) is 0 Å². The molecule has 6 nitrogen and oxygen atoms in total. The molecule has 0 atom stereocenters. The fourth-order valence-electron chi connectivity index (χ4n) is 0.710. The summed E-state index contributed by atoms with van der Waals surface area (Å²) in [6.45, 7) is 1.84. The largest absolute Gasteiger partial charge is 1.00 e. The molecule has 0 aliphatic rings. The zero-order valence-electron chi connectivity index (χ0n) is 9.71. The van der Waals surface area contributed by atoms with Crippen LogP contribution < -0.4 is 113 Å². The first-order valence-electron chi connectivity index (χ1n) is 3.65. The van der Waals surface area contributed by atoms with E-state index in [0.717, 1.165) is 5.56 Å². The van der Waals surface area contributed by atoms with E-state index in [1.165, 1.54) is 12.1 Å². The molecule has 0 saturated carbocycles. The molecule has 1 aromatic carbocycles. The van der Waals surface area contributed by atoms with Crippen molar-refractivity contribution in [2.75, 3.05) is 0 Å². The van der Waals surface area contributed by atoms with Crippen molar-refractivity contribution in [2.45, 2.75) is 11.8 Å². The van der Waals surface area contributed by atoms with Gasteiger partial charge in [0.25, 0.3) is 10.1 Å². The van der Waals surface area contributed by atoms with E-state index in [1.807, 2.05) is 6.92 Å². The van der Waals surface area contributed by atoms with Gasteiger partial charge < -0.3 is 15.0 Å². The summed E-state index contributed by atoms with van der Waals surface area (Å²) in [4.78, 5) is 8.27. The number of carbonyl (C=O) groups is 1. The Bertz CT molecular complexity index is 424. The van der Waals surface area contributed by atoms with Crippen LogP contribution in [0.25, 0.3) is 0 Å². The maximum atomic E-state index is 10.5. The average Bonchev–Trinajstić information content (AvgIpc) is 2.01. The van der Waals surface area contributed by atoms with Crippen molar-refractivity contribution >= 4 is 16.3 Å². The van der Waals surface area contributed by atoms with Gasteiger partial charge in [0.2, 0.25) is 0 Å². The first-order chi connectivity index (χ1) is 6.73. The van der Waals surface area contributed by atoms with Crippen molar-refractivity contribution in [3.05, 3.63) is 29.8 Å². The molecule has 0 radical (unpaired) electrons. The van der Waals surface area contributed by atoms with Crippen LogP contribution in [0.15, 0.2) is 29.2 Å². The summed E-state index contributed by atoms with van der Waals surface area (Å²) >= 11 is 0. The number of rotatable bonds is 1. The van der Waals surface area contributed by atoms with E-state index >= 15 is 0 Å². The minimum absolute atomic E-state index is 0. The number of hydrogen-bond donors (Lipinski definition) is 1. The second-order valence-corrected chi connectivity index (χ2v) is 3.96. The molecule has 0 aromatic heterocycles. The molecule has 0 saturated heterocycles. The van der Waals surface area contributed by atoms with E-state index in [0.29, 0.717) is 0 Å². The van der Waals surface area contributed by atoms with Gasteiger partial charge in [-0.25, -0.2) is 0 Å². The van der Waals surface area contributed by atoms with E-state index < -0.39 is 16.3 Å². The van der Waals surface area contributed by atoms with Crippen LogP contribution in [0, 0.1) is 6.92 Å². The van der Waals surface area contributed by atoms with Crippen LogP contribution >= 0.6 is 0 Å². The Morgan fingerprint density at radius 2 is 1.41 bits per heavy atom. The zero-order valence-corrected chi connectivity index (χ0v) is 16.8. The Balaban J connectivity index is -0.000000289. The van der Waals surface area contributed by atoms with E-state index in [-0.39, 0.29) is 108 Å². The molecular formula is C8H8K2O6S. The summed E-state index contributed by atoms with van der Waals surface area (Å²) < 4.78 is 29.6. The summed E-state index contributed by atoms with van der Waals surface area (Å²) in [5.74, 6) is 0. The van der Waals surface area contributed by atoms with Crippen molar-refractivity contribution in [1.29, 1.82) is 0 Å². The Morgan fingerprint density at radius 3 is 1.65 bits per heavy atom. The number of carboxylic acid groups (broad SMARTS) is 2. The third-order valence-electron chi connectivity index (χ3n) is 1.32. The molecule has 0 aliphatic carbocycles. The third-order valence-corrected chi connectivity index (χ3v) is 2.19. The molecule has 0 amide bonds. The minimum atomic E-state index is -4.02. The van der Waals surface area contributed by atoms with Crippen LogP contribution in [0.3, 0.4) is 0 Å². The van der Waals surface area contributed by atoms with Crippen LogP contribution in [0.4, 0.5) is 4.79 Å². The molecule has 84 valence electrons. The van der Waals surface area contributed by atoms with Gasteiger partial charge >= 0.3 is 103 Å². The molecule has 0 spiro atoms. The van der Waals surface area contributed by atoms with Crippen molar-refractivity contribution in [2.24, 2.45) is 0 Å². The molecule has 0 fully saturated rings.